The molecule has 0 bridgehead atoms. The van der Waals surface area contributed by atoms with Crippen LogP contribution in [0.3, 0.4) is 0 Å². The predicted molar refractivity (Wildman–Crippen MR) is 84.1 cm³/mol. The van der Waals surface area contributed by atoms with Gasteiger partial charge in [-0.15, -0.1) is 0 Å². The average molecular weight is 290 g/mol. The normalized spacial score (nSPS) is 15.0. The monoisotopic (exact) mass is 290 g/mol. The number of amides is 1. The van der Waals surface area contributed by atoms with E-state index in [2.05, 4.69) is 22.3 Å². The van der Waals surface area contributed by atoms with E-state index < -0.39 is 0 Å². The van der Waals surface area contributed by atoms with E-state index in [9.17, 15) is 4.79 Å². The Hall–Kier alpha value is -1.39. The zero-order chi connectivity index (χ0) is 14.9. The van der Waals surface area contributed by atoms with Crippen molar-refractivity contribution in [2.75, 3.05) is 26.2 Å². The summed E-state index contributed by atoms with van der Waals surface area (Å²) in [6.45, 7) is 2.15. The summed E-state index contributed by atoms with van der Waals surface area (Å²) in [5.41, 5.74) is 1.24. The van der Waals surface area contributed by atoms with Crippen molar-refractivity contribution < 1.29 is 9.90 Å². The highest BCUT2D eigenvalue weighted by molar-refractivity contribution is 5.78. The van der Waals surface area contributed by atoms with Gasteiger partial charge < -0.3 is 10.4 Å². The maximum atomic E-state index is 12.0. The Morgan fingerprint density at radius 1 is 1.29 bits per heavy atom. The lowest BCUT2D eigenvalue weighted by Gasteiger charge is -2.37. The van der Waals surface area contributed by atoms with E-state index in [1.807, 2.05) is 18.2 Å². The lowest BCUT2D eigenvalue weighted by Crippen LogP contribution is -2.46. The minimum Gasteiger partial charge on any atom is -0.396 e. The van der Waals surface area contributed by atoms with Crippen LogP contribution in [0.1, 0.15) is 31.2 Å². The van der Waals surface area contributed by atoms with Crippen LogP contribution in [0.4, 0.5) is 0 Å². The number of aliphatic hydroxyl groups excluding tert-OH is 1. The fourth-order valence-corrected chi connectivity index (χ4v) is 2.65. The molecule has 1 saturated carbocycles. The van der Waals surface area contributed by atoms with E-state index in [1.54, 1.807) is 0 Å². The van der Waals surface area contributed by atoms with Crippen molar-refractivity contribution in [1.82, 2.24) is 10.2 Å². The summed E-state index contributed by atoms with van der Waals surface area (Å²) in [6.07, 6.45) is 5.24. The molecule has 0 atom stereocenters. The molecule has 0 unspecified atom stereocenters. The summed E-state index contributed by atoms with van der Waals surface area (Å²) in [4.78, 5) is 14.3. The molecule has 21 heavy (non-hydrogen) atoms. The lowest BCUT2D eigenvalue weighted by atomic mass is 9.91. The fourth-order valence-electron chi connectivity index (χ4n) is 2.65. The first-order chi connectivity index (χ1) is 10.3. The van der Waals surface area contributed by atoms with Crippen LogP contribution < -0.4 is 5.32 Å². The van der Waals surface area contributed by atoms with Crippen molar-refractivity contribution in [1.29, 1.82) is 0 Å². The van der Waals surface area contributed by atoms with Crippen LogP contribution >= 0.6 is 0 Å². The number of nitrogens with one attached hydrogen (secondary N) is 1. The summed E-state index contributed by atoms with van der Waals surface area (Å²) in [7, 11) is 0. The van der Waals surface area contributed by atoms with Gasteiger partial charge in [-0.1, -0.05) is 36.8 Å². The van der Waals surface area contributed by atoms with Crippen molar-refractivity contribution >= 4 is 5.91 Å². The van der Waals surface area contributed by atoms with Crippen LogP contribution in [0, 0.1) is 0 Å². The van der Waals surface area contributed by atoms with Crippen molar-refractivity contribution in [3.8, 4) is 0 Å². The third-order valence-electron chi connectivity index (χ3n) is 4.12. The fraction of sp³-hybridized carbons (Fsp3) is 0.588. The van der Waals surface area contributed by atoms with Crippen molar-refractivity contribution in [3.05, 3.63) is 35.9 Å². The number of nitrogens with zero attached hydrogens (tertiary/aromatic N) is 1. The SMILES string of the molecule is O=C(CN(CCCO)C1CCC1)NCCc1ccccc1. The van der Waals surface area contributed by atoms with Crippen LogP contribution in [0.25, 0.3) is 0 Å². The number of hydrogen-bond donors (Lipinski definition) is 2. The molecular formula is C17H26N2O2. The van der Waals surface area contributed by atoms with E-state index in [4.69, 9.17) is 5.11 Å². The second-order valence-corrected chi connectivity index (χ2v) is 5.72. The smallest absolute Gasteiger partial charge is 0.234 e. The summed E-state index contributed by atoms with van der Waals surface area (Å²) in [6, 6.07) is 10.7. The Kier molecular flexibility index (Phi) is 6.70. The third-order valence-corrected chi connectivity index (χ3v) is 4.12. The highest BCUT2D eigenvalue weighted by atomic mass is 16.3. The molecule has 4 heteroatoms. The van der Waals surface area contributed by atoms with Gasteiger partial charge in [0.2, 0.25) is 5.91 Å². The van der Waals surface area contributed by atoms with Gasteiger partial charge in [0, 0.05) is 25.7 Å². The molecule has 1 aliphatic carbocycles. The van der Waals surface area contributed by atoms with Gasteiger partial charge in [0.15, 0.2) is 0 Å². The van der Waals surface area contributed by atoms with Gasteiger partial charge in [-0.3, -0.25) is 9.69 Å². The van der Waals surface area contributed by atoms with Gasteiger partial charge in [-0.05, 0) is 31.2 Å². The molecule has 1 aromatic rings. The Morgan fingerprint density at radius 3 is 2.67 bits per heavy atom. The largest absolute Gasteiger partial charge is 0.396 e. The number of carbonyl (C=O) groups is 1. The lowest BCUT2D eigenvalue weighted by molar-refractivity contribution is -0.123. The zero-order valence-corrected chi connectivity index (χ0v) is 12.6. The predicted octanol–water partition coefficient (Wildman–Crippen LogP) is 1.58. The van der Waals surface area contributed by atoms with E-state index in [0.717, 1.165) is 19.4 Å². The molecule has 2 N–H and O–H groups in total. The Balaban J connectivity index is 1.68. The molecular weight excluding hydrogens is 264 g/mol. The minimum absolute atomic E-state index is 0.0933. The maximum Gasteiger partial charge on any atom is 0.234 e. The highest BCUT2D eigenvalue weighted by Crippen LogP contribution is 2.24. The molecule has 4 nitrogen and oxygen atoms in total. The first-order valence-electron chi connectivity index (χ1n) is 7.95. The molecule has 0 spiro atoms. The molecule has 1 aliphatic rings. The van der Waals surface area contributed by atoms with Gasteiger partial charge in [-0.2, -0.15) is 0 Å². The van der Waals surface area contributed by atoms with Crippen molar-refractivity contribution in [2.24, 2.45) is 0 Å². The number of benzene rings is 1. The van der Waals surface area contributed by atoms with E-state index >= 15 is 0 Å². The van der Waals surface area contributed by atoms with Crippen LogP contribution in [0.5, 0.6) is 0 Å². The van der Waals surface area contributed by atoms with Crippen molar-refractivity contribution in [3.63, 3.8) is 0 Å². The molecule has 0 aliphatic heterocycles. The van der Waals surface area contributed by atoms with E-state index in [1.165, 1.54) is 24.8 Å². The van der Waals surface area contributed by atoms with Gasteiger partial charge >= 0.3 is 0 Å². The molecule has 0 aromatic heterocycles. The Bertz CT molecular complexity index is 418. The minimum atomic E-state index is 0.0933. The highest BCUT2D eigenvalue weighted by Gasteiger charge is 2.25. The Morgan fingerprint density at radius 2 is 2.05 bits per heavy atom. The number of hydrogen-bond acceptors (Lipinski definition) is 3. The molecule has 2 rings (SSSR count). The molecule has 0 heterocycles. The van der Waals surface area contributed by atoms with Gasteiger partial charge in [0.1, 0.15) is 0 Å². The standard InChI is InChI=1S/C17H26N2O2/c20-13-5-12-19(16-8-4-9-16)14-17(21)18-11-10-15-6-2-1-3-7-15/h1-3,6-7,16,20H,4-5,8-14H2,(H,18,21). The number of aliphatic hydroxyl groups is 1. The molecule has 1 amide bonds. The molecule has 0 saturated heterocycles. The van der Waals surface area contributed by atoms with E-state index in [0.29, 0.717) is 19.1 Å². The van der Waals surface area contributed by atoms with Crippen LogP contribution in [-0.4, -0.2) is 48.2 Å². The first-order valence-corrected chi connectivity index (χ1v) is 7.95. The first kappa shape index (κ1) is 16.0. The van der Waals surface area contributed by atoms with E-state index in [-0.39, 0.29) is 12.5 Å². The summed E-state index contributed by atoms with van der Waals surface area (Å²) in [5, 5.41) is 12.0. The zero-order valence-electron chi connectivity index (χ0n) is 12.6. The third kappa shape index (κ3) is 5.48. The molecule has 1 aromatic carbocycles. The van der Waals surface area contributed by atoms with Gasteiger partial charge in [0.05, 0.1) is 6.54 Å². The molecule has 1 fully saturated rings. The molecule has 116 valence electrons. The quantitative estimate of drug-likeness (QED) is 0.726. The second kappa shape index (κ2) is 8.80. The van der Waals surface area contributed by atoms with Crippen LogP contribution in [-0.2, 0) is 11.2 Å². The van der Waals surface area contributed by atoms with Crippen LogP contribution in [0.15, 0.2) is 30.3 Å². The number of carbonyl (C=O) groups excluding carboxylic acids is 1. The van der Waals surface area contributed by atoms with Crippen LogP contribution in [0.2, 0.25) is 0 Å². The Labute approximate surface area is 127 Å². The summed E-state index contributed by atoms with van der Waals surface area (Å²) < 4.78 is 0. The summed E-state index contributed by atoms with van der Waals surface area (Å²) >= 11 is 0. The van der Waals surface area contributed by atoms with Gasteiger partial charge in [0.25, 0.3) is 0 Å². The number of rotatable bonds is 9. The maximum absolute atomic E-state index is 12.0. The molecule has 0 radical (unpaired) electrons. The topological polar surface area (TPSA) is 52.6 Å². The van der Waals surface area contributed by atoms with Gasteiger partial charge in [-0.25, -0.2) is 0 Å². The second-order valence-electron chi connectivity index (χ2n) is 5.72. The average Bonchev–Trinajstić information content (AvgIpc) is 2.44. The summed E-state index contributed by atoms with van der Waals surface area (Å²) in [5.74, 6) is 0.0933. The van der Waals surface area contributed by atoms with Crippen molar-refractivity contribution in [2.45, 2.75) is 38.1 Å².